The zero-order valence-electron chi connectivity index (χ0n) is 6.57. The van der Waals surface area contributed by atoms with Crippen LogP contribution in [0.4, 0.5) is 0 Å². The number of hydrogen-bond donors (Lipinski definition) is 0. The minimum atomic E-state index is -0.0400. The molecule has 2 heterocycles. The molecule has 2 rings (SSSR count). The lowest BCUT2D eigenvalue weighted by Gasteiger charge is -1.96. The molecule has 0 saturated carbocycles. The van der Waals surface area contributed by atoms with Crippen molar-refractivity contribution in [3.8, 4) is 0 Å². The standard InChI is InChI=1S/C9H7NO2/c1-6-2-4-10-9-8(6)7(11)3-5-12-9/h2-5H,1H3. The highest BCUT2D eigenvalue weighted by Gasteiger charge is 2.02. The first-order valence-electron chi connectivity index (χ1n) is 3.62. The van der Waals surface area contributed by atoms with Crippen molar-refractivity contribution in [2.24, 2.45) is 0 Å². The van der Waals surface area contributed by atoms with Crippen molar-refractivity contribution in [1.29, 1.82) is 0 Å². The molecular formula is C9H7NO2. The summed E-state index contributed by atoms with van der Waals surface area (Å²) in [5, 5.41) is 0.569. The van der Waals surface area contributed by atoms with Crippen molar-refractivity contribution in [3.05, 3.63) is 40.4 Å². The molecule has 0 amide bonds. The van der Waals surface area contributed by atoms with Crippen LogP contribution < -0.4 is 5.43 Å². The highest BCUT2D eigenvalue weighted by atomic mass is 16.3. The minimum absolute atomic E-state index is 0.0400. The Balaban J connectivity index is 3.07. The number of aromatic nitrogens is 1. The van der Waals surface area contributed by atoms with E-state index in [0.29, 0.717) is 11.1 Å². The summed E-state index contributed by atoms with van der Waals surface area (Å²) in [4.78, 5) is 15.2. The minimum Gasteiger partial charge on any atom is -0.446 e. The Labute approximate surface area is 68.7 Å². The lowest BCUT2D eigenvalue weighted by molar-refractivity contribution is 0.589. The van der Waals surface area contributed by atoms with Crippen LogP contribution in [0.25, 0.3) is 11.1 Å². The van der Waals surface area contributed by atoms with E-state index in [-0.39, 0.29) is 5.43 Å². The van der Waals surface area contributed by atoms with Gasteiger partial charge in [0.25, 0.3) is 0 Å². The van der Waals surface area contributed by atoms with Crippen molar-refractivity contribution < 1.29 is 4.42 Å². The van der Waals surface area contributed by atoms with Crippen molar-refractivity contribution in [2.45, 2.75) is 6.92 Å². The van der Waals surface area contributed by atoms with E-state index in [4.69, 9.17) is 4.42 Å². The van der Waals surface area contributed by atoms with Crippen molar-refractivity contribution in [2.75, 3.05) is 0 Å². The van der Waals surface area contributed by atoms with E-state index in [1.165, 1.54) is 12.3 Å². The number of rotatable bonds is 0. The summed E-state index contributed by atoms with van der Waals surface area (Å²) in [6, 6.07) is 3.19. The number of nitrogens with zero attached hydrogens (tertiary/aromatic N) is 1. The number of hydrogen-bond acceptors (Lipinski definition) is 3. The highest BCUT2D eigenvalue weighted by molar-refractivity contribution is 5.75. The molecule has 0 atom stereocenters. The van der Waals surface area contributed by atoms with Gasteiger partial charge in [-0.3, -0.25) is 4.79 Å². The van der Waals surface area contributed by atoms with E-state index in [9.17, 15) is 4.79 Å². The van der Waals surface area contributed by atoms with Crippen molar-refractivity contribution in [1.82, 2.24) is 4.98 Å². The molecule has 0 saturated heterocycles. The van der Waals surface area contributed by atoms with Crippen LogP contribution >= 0.6 is 0 Å². The summed E-state index contributed by atoms with van der Waals surface area (Å²) in [5.74, 6) is 0. The summed E-state index contributed by atoms with van der Waals surface area (Å²) in [6.45, 7) is 1.86. The molecule has 2 aromatic heterocycles. The quantitative estimate of drug-likeness (QED) is 0.588. The van der Waals surface area contributed by atoms with Crippen LogP contribution in [0.2, 0.25) is 0 Å². The predicted octanol–water partition coefficient (Wildman–Crippen LogP) is 1.50. The third-order valence-electron chi connectivity index (χ3n) is 1.77. The van der Waals surface area contributed by atoms with Crippen LogP contribution in [-0.4, -0.2) is 4.98 Å². The molecule has 0 radical (unpaired) electrons. The fraction of sp³-hybridized carbons (Fsp3) is 0.111. The second-order valence-electron chi connectivity index (χ2n) is 2.59. The molecular weight excluding hydrogens is 154 g/mol. The van der Waals surface area contributed by atoms with E-state index >= 15 is 0 Å². The Morgan fingerprint density at radius 3 is 3.00 bits per heavy atom. The average molecular weight is 161 g/mol. The van der Waals surface area contributed by atoms with Gasteiger partial charge in [-0.15, -0.1) is 0 Å². The first-order valence-corrected chi connectivity index (χ1v) is 3.62. The molecule has 3 heteroatoms. The lowest BCUT2D eigenvalue weighted by Crippen LogP contribution is -2.00. The first-order chi connectivity index (χ1) is 5.79. The molecule has 2 aromatic rings. The molecule has 0 unspecified atom stereocenters. The smallest absolute Gasteiger partial charge is 0.229 e. The van der Waals surface area contributed by atoms with E-state index in [0.717, 1.165) is 5.56 Å². The topological polar surface area (TPSA) is 43.1 Å². The maximum absolute atomic E-state index is 11.3. The zero-order valence-corrected chi connectivity index (χ0v) is 6.57. The maximum Gasteiger partial charge on any atom is 0.229 e. The van der Waals surface area contributed by atoms with Crippen LogP contribution in [0.3, 0.4) is 0 Å². The molecule has 0 aromatic carbocycles. The van der Waals surface area contributed by atoms with Gasteiger partial charge in [0, 0.05) is 12.3 Å². The Morgan fingerprint density at radius 1 is 1.42 bits per heavy atom. The van der Waals surface area contributed by atoms with Crippen molar-refractivity contribution >= 4 is 11.1 Å². The fourth-order valence-corrected chi connectivity index (χ4v) is 1.17. The van der Waals surface area contributed by atoms with Gasteiger partial charge in [0.05, 0.1) is 11.6 Å². The van der Waals surface area contributed by atoms with Gasteiger partial charge in [0.15, 0.2) is 5.43 Å². The van der Waals surface area contributed by atoms with Gasteiger partial charge in [0.1, 0.15) is 0 Å². The lowest BCUT2D eigenvalue weighted by atomic mass is 10.2. The molecule has 0 spiro atoms. The number of pyridine rings is 1. The maximum atomic E-state index is 11.3. The summed E-state index contributed by atoms with van der Waals surface area (Å²) >= 11 is 0. The Kier molecular flexibility index (Phi) is 1.43. The fourth-order valence-electron chi connectivity index (χ4n) is 1.17. The van der Waals surface area contributed by atoms with Gasteiger partial charge in [0.2, 0.25) is 5.71 Å². The second-order valence-corrected chi connectivity index (χ2v) is 2.59. The highest BCUT2D eigenvalue weighted by Crippen LogP contribution is 2.09. The molecule has 0 aliphatic rings. The number of aryl methyl sites for hydroxylation is 1. The van der Waals surface area contributed by atoms with Gasteiger partial charge < -0.3 is 4.42 Å². The molecule has 0 aliphatic carbocycles. The summed E-state index contributed by atoms with van der Waals surface area (Å²) in [5.41, 5.74) is 1.26. The molecule has 3 nitrogen and oxygen atoms in total. The molecule has 0 aliphatic heterocycles. The normalized spacial score (nSPS) is 10.4. The summed E-state index contributed by atoms with van der Waals surface area (Å²) in [6.07, 6.45) is 2.98. The van der Waals surface area contributed by atoms with Gasteiger partial charge in [-0.1, -0.05) is 0 Å². The van der Waals surface area contributed by atoms with Gasteiger partial charge in [-0.05, 0) is 18.6 Å². The first kappa shape index (κ1) is 7.03. The third kappa shape index (κ3) is 0.906. The molecule has 12 heavy (non-hydrogen) atoms. The SMILES string of the molecule is Cc1ccnc2occc(=O)c12. The van der Waals surface area contributed by atoms with Crippen LogP contribution in [0.15, 0.2) is 33.8 Å². The van der Waals surface area contributed by atoms with E-state index < -0.39 is 0 Å². The second kappa shape index (κ2) is 2.44. The average Bonchev–Trinajstić information content (AvgIpc) is 2.04. The van der Waals surface area contributed by atoms with E-state index in [1.54, 1.807) is 12.3 Å². The summed E-state index contributed by atoms with van der Waals surface area (Å²) in [7, 11) is 0. The monoisotopic (exact) mass is 161 g/mol. The van der Waals surface area contributed by atoms with E-state index in [2.05, 4.69) is 4.98 Å². The molecule has 0 N–H and O–H groups in total. The predicted molar refractivity (Wildman–Crippen MR) is 45.0 cm³/mol. The Bertz CT molecular complexity index is 468. The Hall–Kier alpha value is -1.64. The molecule has 0 bridgehead atoms. The molecule has 60 valence electrons. The van der Waals surface area contributed by atoms with Crippen molar-refractivity contribution in [3.63, 3.8) is 0 Å². The zero-order chi connectivity index (χ0) is 8.55. The van der Waals surface area contributed by atoms with Crippen LogP contribution in [0, 0.1) is 6.92 Å². The van der Waals surface area contributed by atoms with Crippen LogP contribution in [0.5, 0.6) is 0 Å². The van der Waals surface area contributed by atoms with Gasteiger partial charge >= 0.3 is 0 Å². The van der Waals surface area contributed by atoms with Gasteiger partial charge in [-0.2, -0.15) is 0 Å². The van der Waals surface area contributed by atoms with Crippen LogP contribution in [0.1, 0.15) is 5.56 Å². The van der Waals surface area contributed by atoms with Gasteiger partial charge in [-0.25, -0.2) is 4.98 Å². The largest absolute Gasteiger partial charge is 0.446 e. The molecule has 0 fully saturated rings. The third-order valence-corrected chi connectivity index (χ3v) is 1.77. The Morgan fingerprint density at radius 2 is 2.25 bits per heavy atom. The van der Waals surface area contributed by atoms with Crippen LogP contribution in [-0.2, 0) is 0 Å². The summed E-state index contributed by atoms with van der Waals surface area (Å²) < 4.78 is 5.06. The number of fused-ring (bicyclic) bond motifs is 1. The van der Waals surface area contributed by atoms with E-state index in [1.807, 2.05) is 6.92 Å².